The zero-order valence-corrected chi connectivity index (χ0v) is 10.8. The van der Waals surface area contributed by atoms with E-state index >= 15 is 0 Å². The molecule has 16 heavy (non-hydrogen) atoms. The second-order valence-electron chi connectivity index (χ2n) is 5.19. The van der Waals surface area contributed by atoms with Crippen LogP contribution in [0, 0.1) is 5.92 Å². The molecular formula is C12H23N3S. The van der Waals surface area contributed by atoms with Crippen molar-refractivity contribution in [1.82, 2.24) is 9.80 Å². The SMILES string of the molecule is NC(=S)CN1CCN(CC2CCCC2)CC1. The summed E-state index contributed by atoms with van der Waals surface area (Å²) >= 11 is 4.94. The first-order chi connectivity index (χ1) is 7.74. The molecule has 0 aromatic rings. The Morgan fingerprint density at radius 3 is 2.19 bits per heavy atom. The van der Waals surface area contributed by atoms with Gasteiger partial charge in [0.1, 0.15) is 0 Å². The van der Waals surface area contributed by atoms with E-state index in [1.54, 1.807) is 0 Å². The zero-order valence-electron chi connectivity index (χ0n) is 10.0. The number of nitrogens with two attached hydrogens (primary N) is 1. The highest BCUT2D eigenvalue weighted by Crippen LogP contribution is 2.25. The molecule has 2 aliphatic rings. The van der Waals surface area contributed by atoms with Crippen molar-refractivity contribution >= 4 is 17.2 Å². The molecular weight excluding hydrogens is 218 g/mol. The van der Waals surface area contributed by atoms with E-state index in [1.807, 2.05) is 0 Å². The van der Waals surface area contributed by atoms with E-state index in [-0.39, 0.29) is 0 Å². The number of rotatable bonds is 4. The van der Waals surface area contributed by atoms with Crippen LogP contribution >= 0.6 is 12.2 Å². The third-order valence-electron chi connectivity index (χ3n) is 3.84. The van der Waals surface area contributed by atoms with Gasteiger partial charge in [-0.1, -0.05) is 25.1 Å². The number of hydrogen-bond donors (Lipinski definition) is 1. The molecule has 1 aliphatic carbocycles. The number of nitrogens with zero attached hydrogens (tertiary/aromatic N) is 2. The lowest BCUT2D eigenvalue weighted by atomic mass is 10.1. The molecule has 0 atom stereocenters. The Kier molecular flexibility index (Phi) is 4.55. The van der Waals surface area contributed by atoms with Crippen LogP contribution in [0.25, 0.3) is 0 Å². The summed E-state index contributed by atoms with van der Waals surface area (Å²) in [5.41, 5.74) is 5.57. The lowest BCUT2D eigenvalue weighted by molar-refractivity contribution is 0.130. The van der Waals surface area contributed by atoms with Gasteiger partial charge < -0.3 is 10.6 Å². The van der Waals surface area contributed by atoms with Crippen LogP contribution in [0.3, 0.4) is 0 Å². The molecule has 92 valence electrons. The van der Waals surface area contributed by atoms with Crippen LogP contribution in [-0.4, -0.2) is 54.1 Å². The van der Waals surface area contributed by atoms with E-state index in [1.165, 1.54) is 45.3 Å². The highest BCUT2D eigenvalue weighted by atomic mass is 32.1. The first-order valence-corrected chi connectivity index (χ1v) is 6.88. The average Bonchev–Trinajstić information content (AvgIpc) is 2.73. The minimum absolute atomic E-state index is 0.629. The van der Waals surface area contributed by atoms with Crippen LogP contribution in [-0.2, 0) is 0 Å². The maximum Gasteiger partial charge on any atom is 0.0870 e. The van der Waals surface area contributed by atoms with Gasteiger partial charge in [-0.3, -0.25) is 4.90 Å². The Morgan fingerprint density at radius 2 is 1.62 bits per heavy atom. The van der Waals surface area contributed by atoms with Crippen LogP contribution < -0.4 is 5.73 Å². The molecule has 2 rings (SSSR count). The maximum atomic E-state index is 5.57. The van der Waals surface area contributed by atoms with Gasteiger partial charge in [-0.25, -0.2) is 0 Å². The fraction of sp³-hybridized carbons (Fsp3) is 0.917. The standard InChI is InChI=1S/C12H23N3S/c13-12(16)10-15-7-5-14(6-8-15)9-11-3-1-2-4-11/h11H,1-10H2,(H2,13,16). The van der Waals surface area contributed by atoms with Gasteiger partial charge in [-0.05, 0) is 18.8 Å². The molecule has 2 N–H and O–H groups in total. The molecule has 0 bridgehead atoms. The molecule has 1 saturated carbocycles. The van der Waals surface area contributed by atoms with E-state index in [4.69, 9.17) is 18.0 Å². The van der Waals surface area contributed by atoms with Crippen molar-refractivity contribution in [3.8, 4) is 0 Å². The van der Waals surface area contributed by atoms with Gasteiger partial charge in [0.25, 0.3) is 0 Å². The molecule has 1 aliphatic heterocycles. The van der Waals surface area contributed by atoms with Crippen molar-refractivity contribution in [3.63, 3.8) is 0 Å². The molecule has 0 aromatic carbocycles. The minimum atomic E-state index is 0.629. The quantitative estimate of drug-likeness (QED) is 0.747. The van der Waals surface area contributed by atoms with Crippen molar-refractivity contribution in [2.24, 2.45) is 11.7 Å². The summed E-state index contributed by atoms with van der Waals surface area (Å²) in [4.78, 5) is 5.61. The molecule has 0 spiro atoms. The van der Waals surface area contributed by atoms with E-state index in [0.717, 1.165) is 25.6 Å². The third kappa shape index (κ3) is 3.68. The number of piperazine rings is 1. The van der Waals surface area contributed by atoms with Crippen molar-refractivity contribution in [3.05, 3.63) is 0 Å². The normalized spacial score (nSPS) is 25.0. The molecule has 1 heterocycles. The van der Waals surface area contributed by atoms with E-state index in [2.05, 4.69) is 9.80 Å². The van der Waals surface area contributed by atoms with Crippen molar-refractivity contribution in [2.75, 3.05) is 39.3 Å². The van der Waals surface area contributed by atoms with Crippen LogP contribution in [0.1, 0.15) is 25.7 Å². The monoisotopic (exact) mass is 241 g/mol. The van der Waals surface area contributed by atoms with E-state index in [0.29, 0.717) is 4.99 Å². The summed E-state index contributed by atoms with van der Waals surface area (Å²) in [5, 5.41) is 0. The van der Waals surface area contributed by atoms with Gasteiger partial charge in [0.2, 0.25) is 0 Å². The summed E-state index contributed by atoms with van der Waals surface area (Å²) in [7, 11) is 0. The van der Waals surface area contributed by atoms with Gasteiger partial charge in [0, 0.05) is 39.3 Å². The summed E-state index contributed by atoms with van der Waals surface area (Å²) < 4.78 is 0. The topological polar surface area (TPSA) is 32.5 Å². The smallest absolute Gasteiger partial charge is 0.0870 e. The first kappa shape index (κ1) is 12.3. The van der Waals surface area contributed by atoms with Crippen LogP contribution in [0.5, 0.6) is 0 Å². The fourth-order valence-corrected chi connectivity index (χ4v) is 3.09. The van der Waals surface area contributed by atoms with Crippen LogP contribution in [0.15, 0.2) is 0 Å². The highest BCUT2D eigenvalue weighted by Gasteiger charge is 2.22. The predicted molar refractivity (Wildman–Crippen MR) is 71.6 cm³/mol. The highest BCUT2D eigenvalue weighted by molar-refractivity contribution is 7.80. The second kappa shape index (κ2) is 5.94. The lowest BCUT2D eigenvalue weighted by Crippen LogP contribution is -2.49. The largest absolute Gasteiger partial charge is 0.392 e. The zero-order chi connectivity index (χ0) is 11.4. The maximum absolute atomic E-state index is 5.57. The van der Waals surface area contributed by atoms with Crippen molar-refractivity contribution in [2.45, 2.75) is 25.7 Å². The van der Waals surface area contributed by atoms with Crippen LogP contribution in [0.2, 0.25) is 0 Å². The second-order valence-corrected chi connectivity index (χ2v) is 5.72. The molecule has 0 radical (unpaired) electrons. The number of hydrogen-bond acceptors (Lipinski definition) is 3. The van der Waals surface area contributed by atoms with Gasteiger partial charge in [-0.2, -0.15) is 0 Å². The molecule has 0 aromatic heterocycles. The van der Waals surface area contributed by atoms with Crippen LogP contribution in [0.4, 0.5) is 0 Å². The van der Waals surface area contributed by atoms with Crippen molar-refractivity contribution in [1.29, 1.82) is 0 Å². The Hall–Kier alpha value is -0.190. The predicted octanol–water partition coefficient (Wildman–Crippen LogP) is 1.08. The van der Waals surface area contributed by atoms with E-state index < -0.39 is 0 Å². The fourth-order valence-electron chi connectivity index (χ4n) is 2.91. The summed E-state index contributed by atoms with van der Waals surface area (Å²) in [6, 6.07) is 0. The third-order valence-corrected chi connectivity index (χ3v) is 3.96. The summed E-state index contributed by atoms with van der Waals surface area (Å²) in [5.74, 6) is 0.974. The molecule has 1 saturated heterocycles. The van der Waals surface area contributed by atoms with Gasteiger partial charge in [0.05, 0.1) is 4.99 Å². The van der Waals surface area contributed by atoms with Gasteiger partial charge in [0.15, 0.2) is 0 Å². The average molecular weight is 241 g/mol. The Labute approximate surface area is 104 Å². The molecule has 3 nitrogen and oxygen atoms in total. The molecule has 4 heteroatoms. The number of thiocarbonyl (C=S) groups is 1. The molecule has 2 fully saturated rings. The van der Waals surface area contributed by atoms with Gasteiger partial charge in [-0.15, -0.1) is 0 Å². The Morgan fingerprint density at radius 1 is 1.06 bits per heavy atom. The van der Waals surface area contributed by atoms with Gasteiger partial charge >= 0.3 is 0 Å². The lowest BCUT2D eigenvalue weighted by Gasteiger charge is -2.35. The Balaban J connectivity index is 1.66. The van der Waals surface area contributed by atoms with Crippen molar-refractivity contribution < 1.29 is 0 Å². The summed E-state index contributed by atoms with van der Waals surface area (Å²) in [6.07, 6.45) is 5.80. The minimum Gasteiger partial charge on any atom is -0.392 e. The molecule has 0 unspecified atom stereocenters. The molecule has 0 amide bonds. The first-order valence-electron chi connectivity index (χ1n) is 6.47. The Bertz CT molecular complexity index is 230. The van der Waals surface area contributed by atoms with E-state index in [9.17, 15) is 0 Å². The summed E-state index contributed by atoms with van der Waals surface area (Å²) in [6.45, 7) is 6.76.